The lowest BCUT2D eigenvalue weighted by molar-refractivity contribution is -0.138. The molecule has 0 aliphatic heterocycles. The zero-order valence-electron chi connectivity index (χ0n) is 12.8. The van der Waals surface area contributed by atoms with Crippen molar-refractivity contribution in [2.24, 2.45) is 0 Å². The van der Waals surface area contributed by atoms with Crippen LogP contribution in [0.3, 0.4) is 0 Å². The van der Waals surface area contributed by atoms with Crippen molar-refractivity contribution in [2.45, 2.75) is 6.18 Å². The van der Waals surface area contributed by atoms with Gasteiger partial charge in [-0.1, -0.05) is 6.58 Å². The predicted octanol–water partition coefficient (Wildman–Crippen LogP) is 4.96. The van der Waals surface area contributed by atoms with Crippen LogP contribution in [0.15, 0.2) is 43.0 Å². The molecule has 3 nitrogen and oxygen atoms in total. The fourth-order valence-corrected chi connectivity index (χ4v) is 1.99. The van der Waals surface area contributed by atoms with Crippen LogP contribution in [0.2, 0.25) is 0 Å². The first-order valence-corrected chi connectivity index (χ1v) is 6.75. The lowest BCUT2D eigenvalue weighted by atomic mass is 10.00. The van der Waals surface area contributed by atoms with Gasteiger partial charge < -0.3 is 9.47 Å². The molecule has 0 radical (unpaired) electrons. The smallest absolute Gasteiger partial charge is 0.417 e. The minimum absolute atomic E-state index is 0.188. The highest BCUT2D eigenvalue weighted by molar-refractivity contribution is 6.16. The molecule has 0 heterocycles. The van der Waals surface area contributed by atoms with Gasteiger partial charge in [0.2, 0.25) is 0 Å². The number of rotatable bonds is 4. The fourth-order valence-electron chi connectivity index (χ4n) is 1.99. The Kier molecular flexibility index (Phi) is 5.10. The van der Waals surface area contributed by atoms with E-state index in [1.165, 1.54) is 0 Å². The highest BCUT2D eigenvalue weighted by Gasteiger charge is 2.35. The number of hydrogen-bond acceptors (Lipinski definition) is 3. The van der Waals surface area contributed by atoms with Gasteiger partial charge in [0.05, 0.1) is 18.2 Å². The van der Waals surface area contributed by atoms with Gasteiger partial charge in [0.15, 0.2) is 11.6 Å². The average molecular weight is 358 g/mol. The molecule has 2 rings (SSSR count). The molecule has 0 saturated carbocycles. The van der Waals surface area contributed by atoms with E-state index in [0.29, 0.717) is 12.1 Å². The van der Waals surface area contributed by atoms with Gasteiger partial charge in [-0.25, -0.2) is 13.6 Å². The summed E-state index contributed by atoms with van der Waals surface area (Å²) >= 11 is 0. The Morgan fingerprint density at radius 2 is 1.60 bits per heavy atom. The third-order valence-electron chi connectivity index (χ3n) is 3.18. The van der Waals surface area contributed by atoms with Gasteiger partial charge in [0.1, 0.15) is 11.5 Å². The predicted molar refractivity (Wildman–Crippen MR) is 78.9 cm³/mol. The molecular weight excluding hydrogens is 347 g/mol. The Balaban J connectivity index is 2.43. The second-order valence-electron chi connectivity index (χ2n) is 4.85. The molecular formula is C17H11F5O3. The van der Waals surface area contributed by atoms with E-state index < -0.39 is 40.5 Å². The monoisotopic (exact) mass is 358 g/mol. The van der Waals surface area contributed by atoms with Crippen molar-refractivity contribution < 1.29 is 36.2 Å². The molecule has 0 spiro atoms. The van der Waals surface area contributed by atoms with Crippen molar-refractivity contribution in [3.8, 4) is 11.5 Å². The summed E-state index contributed by atoms with van der Waals surface area (Å²) in [7, 11) is 1.02. The maximum atomic E-state index is 13.3. The van der Waals surface area contributed by atoms with Crippen molar-refractivity contribution in [3.05, 3.63) is 65.7 Å². The first-order valence-electron chi connectivity index (χ1n) is 6.75. The summed E-state index contributed by atoms with van der Waals surface area (Å²) in [6.07, 6.45) is -4.81. The molecule has 0 aliphatic carbocycles. The molecule has 0 bridgehead atoms. The number of methoxy groups -OCH3 is 1. The van der Waals surface area contributed by atoms with Gasteiger partial charge >= 0.3 is 12.1 Å². The number of ether oxygens (including phenoxy) is 2. The van der Waals surface area contributed by atoms with Crippen LogP contribution in [0.5, 0.6) is 11.5 Å². The Labute approximate surface area is 139 Å². The number of esters is 1. The summed E-state index contributed by atoms with van der Waals surface area (Å²) in [5, 5.41) is 0. The molecule has 25 heavy (non-hydrogen) atoms. The largest absolute Gasteiger partial charge is 0.465 e. The fraction of sp³-hybridized carbons (Fsp3) is 0.118. The van der Waals surface area contributed by atoms with E-state index in [-0.39, 0.29) is 11.5 Å². The summed E-state index contributed by atoms with van der Waals surface area (Å²) in [4.78, 5) is 11.4. The SMILES string of the molecule is C=C(C(=O)OC)c1ccc(Oc2ccc(F)c(F)c2)cc1C(F)(F)F. The number of alkyl halides is 3. The second-order valence-corrected chi connectivity index (χ2v) is 4.85. The van der Waals surface area contributed by atoms with Gasteiger partial charge in [-0.2, -0.15) is 13.2 Å². The van der Waals surface area contributed by atoms with Gasteiger partial charge in [-0.3, -0.25) is 0 Å². The van der Waals surface area contributed by atoms with Gasteiger partial charge in [0.25, 0.3) is 0 Å². The summed E-state index contributed by atoms with van der Waals surface area (Å²) < 4.78 is 75.3. The highest BCUT2D eigenvalue weighted by Crippen LogP contribution is 2.38. The third-order valence-corrected chi connectivity index (χ3v) is 3.18. The van der Waals surface area contributed by atoms with E-state index in [4.69, 9.17) is 4.74 Å². The molecule has 0 unspecified atom stereocenters. The van der Waals surface area contributed by atoms with Crippen LogP contribution in [0, 0.1) is 11.6 Å². The molecule has 0 saturated heterocycles. The molecule has 0 aliphatic rings. The van der Waals surface area contributed by atoms with Crippen LogP contribution >= 0.6 is 0 Å². The second kappa shape index (κ2) is 6.92. The summed E-state index contributed by atoms with van der Waals surface area (Å²) in [6, 6.07) is 5.29. The first-order chi connectivity index (χ1) is 11.6. The Morgan fingerprint density at radius 3 is 2.16 bits per heavy atom. The van der Waals surface area contributed by atoms with Crippen molar-refractivity contribution in [2.75, 3.05) is 7.11 Å². The maximum Gasteiger partial charge on any atom is 0.417 e. The molecule has 0 amide bonds. The van der Waals surface area contributed by atoms with E-state index in [0.717, 1.165) is 31.4 Å². The third kappa shape index (κ3) is 4.14. The molecule has 2 aromatic carbocycles. The maximum absolute atomic E-state index is 13.3. The summed E-state index contributed by atoms with van der Waals surface area (Å²) in [5.41, 5.74) is -2.13. The zero-order valence-corrected chi connectivity index (χ0v) is 12.8. The normalized spacial score (nSPS) is 11.1. The topological polar surface area (TPSA) is 35.5 Å². The number of benzene rings is 2. The molecule has 0 fully saturated rings. The lowest BCUT2D eigenvalue weighted by Gasteiger charge is -2.15. The van der Waals surface area contributed by atoms with Crippen molar-refractivity contribution >= 4 is 11.5 Å². The number of halogens is 5. The average Bonchev–Trinajstić information content (AvgIpc) is 2.56. The Hall–Kier alpha value is -2.90. The van der Waals surface area contributed by atoms with Gasteiger partial charge in [0, 0.05) is 11.6 Å². The number of carbonyl (C=O) groups is 1. The molecule has 0 atom stereocenters. The Morgan fingerprint density at radius 1 is 1.00 bits per heavy atom. The molecule has 0 aromatic heterocycles. The molecule has 8 heteroatoms. The van der Waals surface area contributed by atoms with Crippen molar-refractivity contribution in [1.29, 1.82) is 0 Å². The van der Waals surface area contributed by atoms with E-state index in [1.807, 2.05) is 0 Å². The van der Waals surface area contributed by atoms with Crippen LogP contribution < -0.4 is 4.74 Å². The van der Waals surface area contributed by atoms with Gasteiger partial charge in [-0.15, -0.1) is 0 Å². The van der Waals surface area contributed by atoms with Crippen molar-refractivity contribution in [3.63, 3.8) is 0 Å². The van der Waals surface area contributed by atoms with E-state index >= 15 is 0 Å². The Bertz CT molecular complexity index is 828. The van der Waals surface area contributed by atoms with Crippen molar-refractivity contribution in [1.82, 2.24) is 0 Å². The van der Waals surface area contributed by atoms with Crippen LogP contribution in [-0.2, 0) is 15.7 Å². The lowest BCUT2D eigenvalue weighted by Crippen LogP contribution is -2.12. The van der Waals surface area contributed by atoms with Crippen LogP contribution in [0.1, 0.15) is 11.1 Å². The van der Waals surface area contributed by atoms with Gasteiger partial charge in [-0.05, 0) is 30.3 Å². The van der Waals surface area contributed by atoms with E-state index in [2.05, 4.69) is 11.3 Å². The van der Waals surface area contributed by atoms with Crippen LogP contribution in [-0.4, -0.2) is 13.1 Å². The summed E-state index contributed by atoms with van der Waals surface area (Å²) in [5.74, 6) is -3.80. The van der Waals surface area contributed by atoms with Crippen LogP contribution in [0.25, 0.3) is 5.57 Å². The molecule has 2 aromatic rings. The molecule has 0 N–H and O–H groups in total. The minimum Gasteiger partial charge on any atom is -0.465 e. The highest BCUT2D eigenvalue weighted by atomic mass is 19.4. The van der Waals surface area contributed by atoms with Crippen LogP contribution in [0.4, 0.5) is 22.0 Å². The quantitative estimate of drug-likeness (QED) is 0.440. The van der Waals surface area contributed by atoms with E-state index in [1.54, 1.807) is 0 Å². The number of hydrogen-bond donors (Lipinski definition) is 0. The summed E-state index contributed by atoms with van der Waals surface area (Å²) in [6.45, 7) is 3.30. The number of carbonyl (C=O) groups excluding carboxylic acids is 1. The minimum atomic E-state index is -4.81. The first kappa shape index (κ1) is 18.4. The standard InChI is InChI=1S/C17H11F5O3/c1-9(16(23)24-2)12-5-3-10(7-13(12)17(20,21)22)25-11-4-6-14(18)15(19)8-11/h3-8H,1H2,2H3. The molecule has 132 valence electrons. The zero-order chi connectivity index (χ0) is 18.8. The van der Waals surface area contributed by atoms with E-state index in [9.17, 15) is 26.7 Å².